The standard InChI is InChI=1S/C11H17N5O/c17-6-5-16-9-11(8-14-16)7-12-1-3-15-4-2-13-10-15/h2,4,8-10,12,17H,1,3,5-7H2. The van der Waals surface area contributed by atoms with Gasteiger partial charge in [-0.05, 0) is 0 Å². The molecule has 6 heteroatoms. The highest BCUT2D eigenvalue weighted by Crippen LogP contribution is 1.96. The van der Waals surface area contributed by atoms with Crippen LogP contribution < -0.4 is 5.32 Å². The molecule has 0 spiro atoms. The van der Waals surface area contributed by atoms with Crippen molar-refractivity contribution >= 4 is 0 Å². The Hall–Kier alpha value is -1.66. The van der Waals surface area contributed by atoms with E-state index in [9.17, 15) is 0 Å². The number of imidazole rings is 1. The summed E-state index contributed by atoms with van der Waals surface area (Å²) in [6.07, 6.45) is 9.29. The summed E-state index contributed by atoms with van der Waals surface area (Å²) in [6.45, 7) is 3.26. The van der Waals surface area contributed by atoms with Crippen LogP contribution in [0.3, 0.4) is 0 Å². The third kappa shape index (κ3) is 3.69. The van der Waals surface area contributed by atoms with Crippen LogP contribution in [-0.4, -0.2) is 37.6 Å². The molecule has 2 heterocycles. The van der Waals surface area contributed by atoms with Crippen LogP contribution >= 0.6 is 0 Å². The summed E-state index contributed by atoms with van der Waals surface area (Å²) in [4.78, 5) is 3.98. The maximum atomic E-state index is 8.76. The summed E-state index contributed by atoms with van der Waals surface area (Å²) in [5, 5.41) is 16.2. The highest BCUT2D eigenvalue weighted by Gasteiger charge is 1.97. The molecule has 92 valence electrons. The molecule has 0 aliphatic carbocycles. The first-order valence-corrected chi connectivity index (χ1v) is 5.67. The number of hydrogen-bond acceptors (Lipinski definition) is 4. The maximum absolute atomic E-state index is 8.76. The molecule has 0 saturated heterocycles. The Bertz CT molecular complexity index is 423. The lowest BCUT2D eigenvalue weighted by Gasteiger charge is -2.03. The van der Waals surface area contributed by atoms with Crippen LogP contribution in [-0.2, 0) is 19.6 Å². The van der Waals surface area contributed by atoms with E-state index in [0.717, 1.165) is 25.2 Å². The van der Waals surface area contributed by atoms with E-state index in [-0.39, 0.29) is 6.61 Å². The molecule has 0 amide bonds. The van der Waals surface area contributed by atoms with Crippen LogP contribution in [0.5, 0.6) is 0 Å². The lowest BCUT2D eigenvalue weighted by atomic mass is 10.3. The van der Waals surface area contributed by atoms with Gasteiger partial charge < -0.3 is 15.0 Å². The van der Waals surface area contributed by atoms with Crippen molar-refractivity contribution in [3.8, 4) is 0 Å². The van der Waals surface area contributed by atoms with Crippen molar-refractivity contribution in [3.63, 3.8) is 0 Å². The number of nitrogens with zero attached hydrogens (tertiary/aromatic N) is 4. The Morgan fingerprint density at radius 3 is 3.06 bits per heavy atom. The number of hydrogen-bond donors (Lipinski definition) is 2. The van der Waals surface area contributed by atoms with E-state index in [1.54, 1.807) is 17.2 Å². The topological polar surface area (TPSA) is 67.9 Å². The van der Waals surface area contributed by atoms with Crippen LogP contribution in [0.2, 0.25) is 0 Å². The second-order valence-corrected chi connectivity index (χ2v) is 3.81. The highest BCUT2D eigenvalue weighted by molar-refractivity contribution is 5.03. The van der Waals surface area contributed by atoms with Gasteiger partial charge >= 0.3 is 0 Å². The molecular weight excluding hydrogens is 218 g/mol. The van der Waals surface area contributed by atoms with Gasteiger partial charge in [0.15, 0.2) is 0 Å². The number of aliphatic hydroxyl groups is 1. The van der Waals surface area contributed by atoms with Crippen molar-refractivity contribution in [2.24, 2.45) is 0 Å². The largest absolute Gasteiger partial charge is 0.394 e. The van der Waals surface area contributed by atoms with Gasteiger partial charge in [-0.2, -0.15) is 5.10 Å². The third-order valence-corrected chi connectivity index (χ3v) is 2.45. The Morgan fingerprint density at radius 2 is 2.29 bits per heavy atom. The number of nitrogens with one attached hydrogen (secondary N) is 1. The van der Waals surface area contributed by atoms with E-state index in [4.69, 9.17) is 5.11 Å². The molecule has 2 aromatic heterocycles. The summed E-state index contributed by atoms with van der Waals surface area (Å²) in [5.41, 5.74) is 1.13. The monoisotopic (exact) mass is 235 g/mol. The molecule has 17 heavy (non-hydrogen) atoms. The van der Waals surface area contributed by atoms with Crippen LogP contribution in [0.25, 0.3) is 0 Å². The van der Waals surface area contributed by atoms with Crippen molar-refractivity contribution in [2.75, 3.05) is 13.2 Å². The molecule has 0 saturated carbocycles. The molecular formula is C11H17N5O. The molecule has 0 unspecified atom stereocenters. The lowest BCUT2D eigenvalue weighted by molar-refractivity contribution is 0.269. The van der Waals surface area contributed by atoms with Crippen LogP contribution in [0, 0.1) is 0 Å². The van der Waals surface area contributed by atoms with Gasteiger partial charge in [-0.3, -0.25) is 4.68 Å². The van der Waals surface area contributed by atoms with Crippen LogP contribution in [0.4, 0.5) is 0 Å². The zero-order valence-electron chi connectivity index (χ0n) is 9.66. The highest BCUT2D eigenvalue weighted by atomic mass is 16.3. The zero-order chi connectivity index (χ0) is 11.9. The van der Waals surface area contributed by atoms with Gasteiger partial charge in [-0.1, -0.05) is 0 Å². The van der Waals surface area contributed by atoms with Crippen molar-refractivity contribution in [3.05, 3.63) is 36.7 Å². The second-order valence-electron chi connectivity index (χ2n) is 3.81. The van der Waals surface area contributed by atoms with E-state index in [2.05, 4.69) is 15.4 Å². The fourth-order valence-corrected chi connectivity index (χ4v) is 1.58. The van der Waals surface area contributed by atoms with Crippen LogP contribution in [0.15, 0.2) is 31.1 Å². The van der Waals surface area contributed by atoms with Gasteiger partial charge in [0, 0.05) is 43.8 Å². The molecule has 0 aromatic carbocycles. The normalized spacial score (nSPS) is 10.9. The predicted octanol–water partition coefficient (Wildman–Crippen LogP) is -0.138. The molecule has 2 N–H and O–H groups in total. The van der Waals surface area contributed by atoms with Crippen molar-refractivity contribution in [2.45, 2.75) is 19.6 Å². The molecule has 2 aromatic rings. The maximum Gasteiger partial charge on any atom is 0.0946 e. The predicted molar refractivity (Wildman–Crippen MR) is 63.2 cm³/mol. The van der Waals surface area contributed by atoms with E-state index < -0.39 is 0 Å². The molecule has 0 aliphatic rings. The van der Waals surface area contributed by atoms with Crippen molar-refractivity contribution in [1.29, 1.82) is 0 Å². The summed E-state index contributed by atoms with van der Waals surface area (Å²) in [7, 11) is 0. The van der Waals surface area contributed by atoms with E-state index >= 15 is 0 Å². The first kappa shape index (κ1) is 11.8. The van der Waals surface area contributed by atoms with E-state index in [0.29, 0.717) is 6.54 Å². The minimum absolute atomic E-state index is 0.120. The van der Waals surface area contributed by atoms with Gasteiger partial charge in [0.25, 0.3) is 0 Å². The molecule has 0 radical (unpaired) electrons. The van der Waals surface area contributed by atoms with Crippen LogP contribution in [0.1, 0.15) is 5.56 Å². The summed E-state index contributed by atoms with van der Waals surface area (Å²) in [5.74, 6) is 0. The Morgan fingerprint density at radius 1 is 1.35 bits per heavy atom. The fourth-order valence-electron chi connectivity index (χ4n) is 1.58. The average Bonchev–Trinajstić information content (AvgIpc) is 2.96. The lowest BCUT2D eigenvalue weighted by Crippen LogP contribution is -2.18. The second kappa shape index (κ2) is 6.17. The molecule has 0 bridgehead atoms. The summed E-state index contributed by atoms with van der Waals surface area (Å²) >= 11 is 0. The average molecular weight is 235 g/mol. The molecule has 6 nitrogen and oxygen atoms in total. The quantitative estimate of drug-likeness (QED) is 0.656. The Kier molecular flexibility index (Phi) is 4.29. The molecule has 2 rings (SSSR count). The smallest absolute Gasteiger partial charge is 0.0946 e. The summed E-state index contributed by atoms with van der Waals surface area (Å²) < 4.78 is 3.77. The van der Waals surface area contributed by atoms with E-state index in [1.165, 1.54) is 0 Å². The van der Waals surface area contributed by atoms with Crippen molar-refractivity contribution in [1.82, 2.24) is 24.6 Å². The minimum atomic E-state index is 0.120. The van der Waals surface area contributed by atoms with Gasteiger partial charge in [-0.15, -0.1) is 0 Å². The first-order chi connectivity index (χ1) is 8.38. The third-order valence-electron chi connectivity index (χ3n) is 2.45. The SMILES string of the molecule is OCCn1cc(CNCCn2ccnc2)cn1. The van der Waals surface area contributed by atoms with Crippen molar-refractivity contribution < 1.29 is 5.11 Å². The number of aromatic nitrogens is 4. The minimum Gasteiger partial charge on any atom is -0.394 e. The Balaban J connectivity index is 1.67. The van der Waals surface area contributed by atoms with Gasteiger partial charge in [-0.25, -0.2) is 4.98 Å². The van der Waals surface area contributed by atoms with Gasteiger partial charge in [0.1, 0.15) is 0 Å². The fraction of sp³-hybridized carbons (Fsp3) is 0.455. The van der Waals surface area contributed by atoms with Gasteiger partial charge in [0.05, 0.1) is 25.7 Å². The summed E-state index contributed by atoms with van der Waals surface area (Å²) in [6, 6.07) is 0. The molecule has 0 fully saturated rings. The van der Waals surface area contributed by atoms with Gasteiger partial charge in [0.2, 0.25) is 0 Å². The zero-order valence-corrected chi connectivity index (χ0v) is 9.66. The number of aliphatic hydroxyl groups excluding tert-OH is 1. The van der Waals surface area contributed by atoms with E-state index in [1.807, 2.05) is 23.2 Å². The molecule has 0 atom stereocenters. The first-order valence-electron chi connectivity index (χ1n) is 5.67. The molecule has 0 aliphatic heterocycles. The Labute approximate surface area is 99.9 Å². The number of rotatable bonds is 7.